The second-order valence-electron chi connectivity index (χ2n) is 13.9. The molecule has 0 saturated heterocycles. The smallest absolute Gasteiger partial charge is 0.748 e. The van der Waals surface area contributed by atoms with Crippen molar-refractivity contribution in [3.63, 3.8) is 0 Å². The van der Waals surface area contributed by atoms with Gasteiger partial charge in [0.2, 0.25) is 5.91 Å². The summed E-state index contributed by atoms with van der Waals surface area (Å²) >= 11 is 0. The summed E-state index contributed by atoms with van der Waals surface area (Å²) in [6.45, 7) is 11.0. The van der Waals surface area contributed by atoms with E-state index in [1.807, 2.05) is 32.0 Å². The number of rotatable bonds is 10. The molecule has 17 heteroatoms. The Hall–Kier alpha value is -2.43. The average Bonchev–Trinajstić information content (AvgIpc) is 3.76. The van der Waals surface area contributed by atoms with Crippen molar-refractivity contribution in [2.75, 3.05) is 19.3 Å². The Labute approximate surface area is 370 Å². The fourth-order valence-corrected chi connectivity index (χ4v) is 8.21. The third-order valence-corrected chi connectivity index (χ3v) is 11.4. The van der Waals surface area contributed by atoms with Gasteiger partial charge in [0.05, 0.1) is 15.8 Å². The number of nitrogens with zero attached hydrogens (tertiary/aromatic N) is 5. The number of aryl methyl sites for hydroxylation is 2. The van der Waals surface area contributed by atoms with Crippen molar-refractivity contribution in [1.82, 2.24) is 35.7 Å². The molecule has 3 aromatic rings. The molecule has 3 aliphatic heterocycles. The second kappa shape index (κ2) is 17.4. The quantitative estimate of drug-likeness (QED) is 0.0968. The maximum atomic E-state index is 14.5. The average molecular weight is 874 g/mol. The predicted octanol–water partition coefficient (Wildman–Crippen LogP) is 1.14. The number of Topliss-reactive ketones (excluding diaryl/α,β-unsaturated/α-hetero) is 1. The first-order valence-corrected chi connectivity index (χ1v) is 19.1. The van der Waals surface area contributed by atoms with Crippen molar-refractivity contribution < 1.29 is 104 Å². The minimum atomic E-state index is -4.51. The van der Waals surface area contributed by atoms with Crippen molar-refractivity contribution in [2.24, 2.45) is 0 Å². The molecule has 0 spiro atoms. The summed E-state index contributed by atoms with van der Waals surface area (Å²) in [6.07, 6.45) is 1.08. The molecule has 6 rings (SSSR count). The van der Waals surface area contributed by atoms with Gasteiger partial charge in [-0.15, -0.1) is 22.1 Å². The number of hydrogen-bond donors (Lipinski definition) is 2. The standard InChI is InChI=1S/C37H45N7O7S.K.Pd/c1-8-22-17(2)24-16-29-31(21(6)45)19(4)26(41-29)14-25-18(3)23(10-11-30(46)38-7)34(42-25)33-35-32(20(5)27(43-35)15-28(22)40-24)36(47)44(37(33)48)39-12-9-13-52(49,50)51;;/h14-18,22-23,39H,8-13H2,1-7H3,(H4,38,40,41,42,43,45,46,47,48,49,50,51);;/q;+1;+2/p-3/t17-,18?,22-,23+;;/m1../s1. The zero-order valence-electron chi connectivity index (χ0n) is 31.6. The van der Waals surface area contributed by atoms with E-state index in [-0.39, 0.29) is 137 Å². The van der Waals surface area contributed by atoms with Crippen LogP contribution in [0.3, 0.4) is 0 Å². The van der Waals surface area contributed by atoms with E-state index in [9.17, 15) is 32.1 Å². The molecule has 14 nitrogen and oxygen atoms in total. The van der Waals surface area contributed by atoms with Gasteiger partial charge in [0.25, 0.3) is 11.8 Å². The van der Waals surface area contributed by atoms with Gasteiger partial charge >= 0.3 is 71.8 Å². The Morgan fingerprint density at radius 2 is 1.50 bits per heavy atom. The fraction of sp³-hybridized carbons (Fsp3) is 0.459. The van der Waals surface area contributed by atoms with E-state index >= 15 is 0 Å². The normalized spacial score (nSPS) is 19.3. The van der Waals surface area contributed by atoms with E-state index in [4.69, 9.17) is 19.9 Å². The number of ketones is 1. The van der Waals surface area contributed by atoms with Crippen LogP contribution in [0.4, 0.5) is 0 Å². The molecule has 0 aromatic carbocycles. The molecule has 3 aliphatic rings. The van der Waals surface area contributed by atoms with Crippen molar-refractivity contribution in [3.8, 4) is 0 Å². The van der Waals surface area contributed by atoms with Gasteiger partial charge < -0.3 is 19.8 Å². The number of aromatic nitrogens is 4. The predicted molar refractivity (Wildman–Crippen MR) is 192 cm³/mol. The summed E-state index contributed by atoms with van der Waals surface area (Å²) in [4.78, 5) is 74.0. The Morgan fingerprint density at radius 3 is 2.13 bits per heavy atom. The van der Waals surface area contributed by atoms with E-state index in [1.54, 1.807) is 14.0 Å². The molecule has 1 unspecified atom stereocenters. The van der Waals surface area contributed by atoms with Crippen LogP contribution in [0.25, 0.3) is 22.1 Å². The molecule has 0 radical (unpaired) electrons. The summed E-state index contributed by atoms with van der Waals surface area (Å²) in [5.41, 5.74) is 8.84. The van der Waals surface area contributed by atoms with Gasteiger partial charge in [-0.1, -0.05) is 50.1 Å². The summed E-state index contributed by atoms with van der Waals surface area (Å²) in [6, 6.07) is 5.52. The van der Waals surface area contributed by atoms with Gasteiger partial charge in [-0.05, 0) is 40.0 Å². The van der Waals surface area contributed by atoms with Crippen molar-refractivity contribution in [2.45, 2.75) is 90.9 Å². The summed E-state index contributed by atoms with van der Waals surface area (Å²) in [5.74, 6) is -3.19. The zero-order valence-corrected chi connectivity index (χ0v) is 37.1. The van der Waals surface area contributed by atoms with Crippen molar-refractivity contribution >= 4 is 55.7 Å². The van der Waals surface area contributed by atoms with E-state index < -0.39 is 33.6 Å². The summed E-state index contributed by atoms with van der Waals surface area (Å²) < 4.78 is 33.8. The molecule has 4 atom stereocenters. The molecule has 3 amide bonds. The molecule has 0 aliphatic carbocycles. The maximum Gasteiger partial charge on any atom is 2.00 e. The molecule has 0 saturated carbocycles. The van der Waals surface area contributed by atoms with Gasteiger partial charge in [-0.25, -0.2) is 18.9 Å². The minimum Gasteiger partial charge on any atom is -0.748 e. The zero-order chi connectivity index (χ0) is 37.8. The van der Waals surface area contributed by atoms with E-state index in [0.717, 1.165) is 22.8 Å². The van der Waals surface area contributed by atoms with Crippen molar-refractivity contribution in [3.05, 3.63) is 68.8 Å². The number of carbonyl (C=O) groups excluding carboxylic acids is 4. The molecule has 284 valence electrons. The number of hydrazine groups is 1. The summed E-state index contributed by atoms with van der Waals surface area (Å²) in [5, 5.41) is 3.48. The first-order valence-electron chi connectivity index (χ1n) is 17.5. The largest absolute Gasteiger partial charge is 2.00 e. The number of carbonyl (C=O) groups is 4. The Bertz CT molecular complexity index is 2310. The number of imide groups is 1. The maximum absolute atomic E-state index is 14.5. The molecular weight excluding hydrogens is 832 g/mol. The van der Waals surface area contributed by atoms with Gasteiger partial charge in [0, 0.05) is 83.2 Å². The molecule has 2 N–H and O–H groups in total. The Morgan fingerprint density at radius 1 is 0.907 bits per heavy atom. The number of amides is 3. The first kappa shape index (κ1) is 44.3. The SMILES string of the molecule is CC[C@H]1c2cc3[n-]c4c(c5nc(cc6[n-]c(cc(n2)[C@@H]1C)c(C(C)=O)c6C)C(C)[C@@H]5CCC(=O)NC)C(=O)N(NCCCS(=O)(=O)[O-])C(=O)c4c3C.[K+].[Pd+2]. The van der Waals surface area contributed by atoms with Crippen molar-refractivity contribution in [1.29, 1.82) is 0 Å². The fourth-order valence-electron chi connectivity index (χ4n) is 7.71. The molecule has 3 aromatic heterocycles. The molecule has 6 heterocycles. The molecule has 0 fully saturated rings. The van der Waals surface area contributed by atoms with Crippen LogP contribution in [-0.2, 0) is 35.3 Å². The van der Waals surface area contributed by atoms with E-state index in [0.29, 0.717) is 51.0 Å². The third kappa shape index (κ3) is 8.32. The van der Waals surface area contributed by atoms with Crippen LogP contribution in [0.15, 0.2) is 18.2 Å². The molecule has 8 bridgehead atoms. The van der Waals surface area contributed by atoms with Gasteiger partial charge in [-0.2, -0.15) is 0 Å². The van der Waals surface area contributed by atoms with Crippen LogP contribution >= 0.6 is 0 Å². The monoisotopic (exact) mass is 873 g/mol. The van der Waals surface area contributed by atoms with Crippen LogP contribution in [0, 0.1) is 13.8 Å². The van der Waals surface area contributed by atoms with E-state index in [1.165, 1.54) is 6.92 Å². The van der Waals surface area contributed by atoms with Gasteiger partial charge in [-0.3, -0.25) is 29.1 Å². The topological polar surface area (TPSA) is 207 Å². The van der Waals surface area contributed by atoms with Crippen LogP contribution in [-0.4, -0.2) is 70.8 Å². The molecule has 54 heavy (non-hydrogen) atoms. The number of fused-ring (bicyclic) bond motifs is 8. The van der Waals surface area contributed by atoms with Crippen LogP contribution in [0.2, 0.25) is 0 Å². The minimum absolute atomic E-state index is 0. The molecular formula is C37H42KN7O7PdS. The number of nitrogens with one attached hydrogen (secondary N) is 2. The van der Waals surface area contributed by atoms with Crippen LogP contribution < -0.4 is 72.1 Å². The van der Waals surface area contributed by atoms with E-state index in [2.05, 4.69) is 24.6 Å². The first-order chi connectivity index (χ1) is 24.6. The Kier molecular flexibility index (Phi) is 14.2. The Balaban J connectivity index is 0.00000325. The van der Waals surface area contributed by atoms with Gasteiger partial charge in [0.15, 0.2) is 5.78 Å². The number of hydrogen-bond acceptors (Lipinski definition) is 10. The van der Waals surface area contributed by atoms with Gasteiger partial charge in [0.1, 0.15) is 0 Å². The third-order valence-electron chi connectivity index (χ3n) is 10.6. The second-order valence-corrected chi connectivity index (χ2v) is 15.4. The van der Waals surface area contributed by atoms with Crippen LogP contribution in [0.1, 0.15) is 142 Å². The van der Waals surface area contributed by atoms with Crippen LogP contribution in [0.5, 0.6) is 0 Å². The summed E-state index contributed by atoms with van der Waals surface area (Å²) in [7, 11) is -2.97.